The van der Waals surface area contributed by atoms with Gasteiger partial charge in [-0.25, -0.2) is 9.44 Å². The third-order valence-corrected chi connectivity index (χ3v) is 3.25. The Labute approximate surface area is 82.7 Å². The molecule has 80 valence electrons. The second kappa shape index (κ2) is 3.34. The minimum Gasteiger partial charge on any atom is -0.317 e. The average Bonchev–Trinajstić information content (AvgIpc) is 2.78. The Bertz CT molecular complexity index is 364. The van der Waals surface area contributed by atoms with E-state index in [0.29, 0.717) is 6.42 Å². The fraction of sp³-hybridized carbons (Fsp3) is 0.571. The average molecular weight is 219 g/mol. The number of nitrogens with one attached hydrogen (secondary N) is 2. The van der Waals surface area contributed by atoms with E-state index < -0.39 is 21.7 Å². The number of hydrogen-bond acceptors (Lipinski definition) is 4. The van der Waals surface area contributed by atoms with E-state index in [1.807, 2.05) is 9.44 Å². The highest BCUT2D eigenvalue weighted by atomic mass is 32.2. The van der Waals surface area contributed by atoms with Gasteiger partial charge >= 0.3 is 10.2 Å². The molecule has 1 saturated carbocycles. The first kappa shape index (κ1) is 11.2. The minimum absolute atomic E-state index is 0.144. The monoisotopic (exact) mass is 219 g/mol. The second-order valence-electron chi connectivity index (χ2n) is 3.23. The molecule has 0 aromatic heterocycles. The molecule has 1 aliphatic carbocycles. The van der Waals surface area contributed by atoms with Crippen molar-refractivity contribution >= 4 is 16.1 Å². The fourth-order valence-electron chi connectivity index (χ4n) is 1.13. The Morgan fingerprint density at radius 1 is 1.71 bits per heavy atom. The zero-order chi connectivity index (χ0) is 11.0. The van der Waals surface area contributed by atoms with E-state index in [2.05, 4.69) is 6.58 Å². The Hall–Kier alpha value is -0.920. The van der Waals surface area contributed by atoms with Crippen LogP contribution in [0, 0.1) is 5.92 Å². The summed E-state index contributed by atoms with van der Waals surface area (Å²) in [5.74, 6) is -0.841. The zero-order valence-electron chi connectivity index (χ0n) is 7.78. The lowest BCUT2D eigenvalue weighted by Crippen LogP contribution is -2.49. The van der Waals surface area contributed by atoms with Crippen molar-refractivity contribution in [2.24, 2.45) is 11.7 Å². The summed E-state index contributed by atoms with van der Waals surface area (Å²) < 4.78 is 25.7. The lowest BCUT2D eigenvalue weighted by Gasteiger charge is -2.10. The summed E-state index contributed by atoms with van der Waals surface area (Å²) in [6.45, 7) is 3.49. The molecule has 1 amide bonds. The molecule has 1 fully saturated rings. The van der Waals surface area contributed by atoms with Crippen LogP contribution in [0.1, 0.15) is 6.42 Å². The van der Waals surface area contributed by atoms with E-state index >= 15 is 0 Å². The first-order chi connectivity index (χ1) is 6.35. The number of hydrogen-bond donors (Lipinski definition) is 3. The molecule has 0 aliphatic heterocycles. The summed E-state index contributed by atoms with van der Waals surface area (Å²) in [5, 5.41) is 0. The molecule has 0 aromatic carbocycles. The third-order valence-electron chi connectivity index (χ3n) is 2.26. The van der Waals surface area contributed by atoms with Gasteiger partial charge in [-0.3, -0.25) is 4.79 Å². The molecule has 0 aromatic rings. The van der Waals surface area contributed by atoms with Crippen LogP contribution in [-0.4, -0.2) is 26.9 Å². The van der Waals surface area contributed by atoms with Gasteiger partial charge in [0.25, 0.3) is 5.91 Å². The van der Waals surface area contributed by atoms with E-state index in [9.17, 15) is 13.2 Å². The van der Waals surface area contributed by atoms with Gasteiger partial charge in [0.05, 0.1) is 0 Å². The smallest absolute Gasteiger partial charge is 0.301 e. The molecule has 7 heteroatoms. The van der Waals surface area contributed by atoms with Gasteiger partial charge in [0, 0.05) is 13.0 Å². The molecule has 0 unspecified atom stereocenters. The highest BCUT2D eigenvalue weighted by molar-refractivity contribution is 7.88. The normalized spacial score (nSPS) is 30.9. The Morgan fingerprint density at radius 2 is 2.29 bits per heavy atom. The number of nitrogens with two attached hydrogens (primary N) is 1. The number of amides is 1. The van der Waals surface area contributed by atoms with Crippen molar-refractivity contribution in [1.82, 2.24) is 9.44 Å². The van der Waals surface area contributed by atoms with Crippen LogP contribution < -0.4 is 15.2 Å². The van der Waals surface area contributed by atoms with E-state index in [1.165, 1.54) is 7.05 Å². The maximum absolute atomic E-state index is 11.4. The molecule has 4 N–H and O–H groups in total. The first-order valence-electron chi connectivity index (χ1n) is 4.03. The van der Waals surface area contributed by atoms with Crippen molar-refractivity contribution in [3.63, 3.8) is 0 Å². The van der Waals surface area contributed by atoms with Crippen LogP contribution >= 0.6 is 0 Å². The van der Waals surface area contributed by atoms with Crippen LogP contribution in [0.15, 0.2) is 12.7 Å². The highest BCUT2D eigenvalue weighted by Crippen LogP contribution is 2.41. The van der Waals surface area contributed by atoms with E-state index in [0.717, 1.165) is 0 Å². The van der Waals surface area contributed by atoms with Crippen LogP contribution in [0.2, 0.25) is 0 Å². The molecule has 0 radical (unpaired) electrons. The Balaban J connectivity index is 2.66. The number of carbonyl (C=O) groups excluding carboxylic acids is 1. The SMILES string of the molecule is C=C[C@@H]1C[C@]1(N)C(=O)NS(=O)(=O)NC. The molecule has 0 spiro atoms. The van der Waals surface area contributed by atoms with Gasteiger partial charge in [0.15, 0.2) is 0 Å². The lowest BCUT2D eigenvalue weighted by molar-refractivity contribution is -0.121. The van der Waals surface area contributed by atoms with Gasteiger partial charge in [0.2, 0.25) is 0 Å². The second-order valence-corrected chi connectivity index (χ2v) is 4.84. The molecule has 14 heavy (non-hydrogen) atoms. The van der Waals surface area contributed by atoms with Gasteiger partial charge in [-0.15, -0.1) is 6.58 Å². The van der Waals surface area contributed by atoms with Crippen LogP contribution in [0.4, 0.5) is 0 Å². The van der Waals surface area contributed by atoms with Gasteiger partial charge in [-0.2, -0.15) is 8.42 Å². The number of carbonyl (C=O) groups is 1. The van der Waals surface area contributed by atoms with E-state index in [4.69, 9.17) is 5.73 Å². The van der Waals surface area contributed by atoms with Crippen molar-refractivity contribution in [3.8, 4) is 0 Å². The van der Waals surface area contributed by atoms with Gasteiger partial charge in [-0.1, -0.05) is 6.08 Å². The summed E-state index contributed by atoms with van der Waals surface area (Å²) >= 11 is 0. The van der Waals surface area contributed by atoms with Crippen LogP contribution in [-0.2, 0) is 15.0 Å². The zero-order valence-corrected chi connectivity index (χ0v) is 8.60. The van der Waals surface area contributed by atoms with E-state index in [-0.39, 0.29) is 5.92 Å². The predicted molar refractivity (Wildman–Crippen MR) is 51.3 cm³/mol. The molecular weight excluding hydrogens is 206 g/mol. The van der Waals surface area contributed by atoms with Crippen molar-refractivity contribution in [2.75, 3.05) is 7.05 Å². The summed E-state index contributed by atoms with van der Waals surface area (Å²) in [6, 6.07) is 0. The molecule has 0 heterocycles. The predicted octanol–water partition coefficient (Wildman–Crippen LogP) is -1.53. The maximum atomic E-state index is 11.4. The highest BCUT2D eigenvalue weighted by Gasteiger charge is 2.56. The maximum Gasteiger partial charge on any atom is 0.301 e. The van der Waals surface area contributed by atoms with Crippen molar-refractivity contribution in [2.45, 2.75) is 12.0 Å². The largest absolute Gasteiger partial charge is 0.317 e. The standard InChI is InChI=1S/C7H13N3O3S/c1-3-5-4-7(5,8)6(11)10-14(12,13)9-2/h3,5,9H,1,4,8H2,2H3,(H,10,11)/t5-,7-/m1/s1. The molecular formula is C7H13N3O3S. The van der Waals surface area contributed by atoms with Crippen LogP contribution in [0.5, 0.6) is 0 Å². The van der Waals surface area contributed by atoms with Crippen LogP contribution in [0.25, 0.3) is 0 Å². The van der Waals surface area contributed by atoms with Crippen molar-refractivity contribution in [3.05, 3.63) is 12.7 Å². The minimum atomic E-state index is -3.76. The quantitative estimate of drug-likeness (QED) is 0.499. The summed E-state index contributed by atoms with van der Waals surface area (Å²) in [7, 11) is -2.55. The lowest BCUT2D eigenvalue weighted by atomic mass is 10.2. The Morgan fingerprint density at radius 3 is 2.64 bits per heavy atom. The van der Waals surface area contributed by atoms with Gasteiger partial charge < -0.3 is 5.73 Å². The van der Waals surface area contributed by atoms with E-state index in [1.54, 1.807) is 6.08 Å². The summed E-state index contributed by atoms with van der Waals surface area (Å²) in [6.07, 6.45) is 1.98. The van der Waals surface area contributed by atoms with Gasteiger partial charge in [0.1, 0.15) is 5.54 Å². The molecule has 0 saturated heterocycles. The first-order valence-corrected chi connectivity index (χ1v) is 5.51. The fourth-order valence-corrected chi connectivity index (χ4v) is 1.66. The Kier molecular flexibility index (Phi) is 2.66. The van der Waals surface area contributed by atoms with Gasteiger partial charge in [-0.05, 0) is 6.42 Å². The molecule has 0 bridgehead atoms. The summed E-state index contributed by atoms with van der Waals surface area (Å²) in [5.41, 5.74) is 4.53. The number of rotatable bonds is 4. The molecule has 1 rings (SSSR count). The molecule has 6 nitrogen and oxygen atoms in total. The topological polar surface area (TPSA) is 101 Å². The molecule has 1 aliphatic rings. The van der Waals surface area contributed by atoms with Crippen molar-refractivity contribution < 1.29 is 13.2 Å². The van der Waals surface area contributed by atoms with Crippen LogP contribution in [0.3, 0.4) is 0 Å². The molecule has 2 atom stereocenters. The van der Waals surface area contributed by atoms with Crippen molar-refractivity contribution in [1.29, 1.82) is 0 Å². The summed E-state index contributed by atoms with van der Waals surface area (Å²) in [4.78, 5) is 11.4. The third kappa shape index (κ3) is 1.94.